The molecule has 6 N–H and O–H groups in total. The Hall–Kier alpha value is -6.57. The number of carbonyl (C=O) groups excluding carboxylic acids is 2. The number of ether oxygens (including phenoxy) is 1. The number of carboxylic acids is 1. The van der Waals surface area contributed by atoms with Crippen LogP contribution in [0, 0.1) is 5.92 Å². The van der Waals surface area contributed by atoms with Gasteiger partial charge >= 0.3 is 12.1 Å². The number of hydrogen-bond donors (Lipinski definition) is 4. The molecule has 6 aromatic heterocycles. The van der Waals surface area contributed by atoms with Gasteiger partial charge in [0.05, 0.1) is 0 Å². The Morgan fingerprint density at radius 3 is 1.80 bits per heavy atom. The van der Waals surface area contributed by atoms with E-state index in [1.54, 1.807) is 0 Å². The normalized spacial score (nSPS) is 12.9. The van der Waals surface area contributed by atoms with Crippen molar-refractivity contribution in [1.29, 1.82) is 0 Å². The molecule has 0 bridgehead atoms. The van der Waals surface area contributed by atoms with Crippen LogP contribution in [0.4, 0.5) is 4.79 Å². The summed E-state index contributed by atoms with van der Waals surface area (Å²) < 4.78 is 38.3. The van der Waals surface area contributed by atoms with Gasteiger partial charge in [-0.25, -0.2) is 39.5 Å². The van der Waals surface area contributed by atoms with E-state index in [0.29, 0.717) is 24.6 Å². The minimum Gasteiger partial charge on any atom is -0.476 e. The number of oxazole rings is 6. The van der Waals surface area contributed by atoms with E-state index in [0.717, 1.165) is 19.1 Å². The summed E-state index contributed by atoms with van der Waals surface area (Å²) in [6, 6.07) is -0.924. The number of carbonyl (C=O) groups is 3. The van der Waals surface area contributed by atoms with Crippen LogP contribution < -0.4 is 16.4 Å². The molecule has 0 saturated carbocycles. The van der Waals surface area contributed by atoms with Gasteiger partial charge in [0.25, 0.3) is 11.8 Å². The van der Waals surface area contributed by atoms with Crippen LogP contribution in [-0.4, -0.2) is 65.1 Å². The number of aromatic nitrogens is 6. The lowest BCUT2D eigenvalue weighted by Gasteiger charge is -2.19. The standard InChI is InChI=1S/C34H37N9O11/c1-16(2)24(31-41-22(14-53-31)29-40-21(13-51-29)30-42-23(15-52-30)32(45)46)43-25(44)18-10-49-27(37-18)20-12-50-28(39-20)19-11-48-26(38-19)17(35)8-6-7-9-36-33(47)54-34(3,4)5/h10-17,24H,6-9,35H2,1-5H3,(H,36,47)(H,43,44)(H,45,46)/p+1. The fourth-order valence-corrected chi connectivity index (χ4v) is 4.94. The number of aromatic carboxylic acids is 1. The quantitative estimate of drug-likeness (QED) is 0.0995. The predicted molar refractivity (Wildman–Crippen MR) is 181 cm³/mol. The van der Waals surface area contributed by atoms with Crippen LogP contribution in [0.5, 0.6) is 0 Å². The number of hydrogen-bond acceptors (Lipinski definition) is 16. The van der Waals surface area contributed by atoms with Crippen LogP contribution in [0.1, 0.15) is 98.7 Å². The van der Waals surface area contributed by atoms with E-state index in [2.05, 4.69) is 46.3 Å². The highest BCUT2D eigenvalue weighted by Crippen LogP contribution is 2.29. The highest BCUT2D eigenvalue weighted by atomic mass is 16.6. The number of quaternary nitrogens is 1. The molecule has 6 heterocycles. The largest absolute Gasteiger partial charge is 0.476 e. The van der Waals surface area contributed by atoms with Gasteiger partial charge in [-0.1, -0.05) is 13.8 Å². The monoisotopic (exact) mass is 748 g/mol. The first kappa shape index (κ1) is 37.2. The summed E-state index contributed by atoms with van der Waals surface area (Å²) >= 11 is 0. The Balaban J connectivity index is 1.03. The lowest BCUT2D eigenvalue weighted by atomic mass is 10.0. The highest BCUT2D eigenvalue weighted by Gasteiger charge is 2.28. The lowest BCUT2D eigenvalue weighted by Crippen LogP contribution is -2.53. The van der Waals surface area contributed by atoms with E-state index in [-0.39, 0.29) is 69.9 Å². The van der Waals surface area contributed by atoms with Crippen molar-refractivity contribution in [3.8, 4) is 46.3 Å². The molecule has 54 heavy (non-hydrogen) atoms. The smallest absolute Gasteiger partial charge is 0.407 e. The van der Waals surface area contributed by atoms with Gasteiger partial charge in [-0.3, -0.25) is 4.79 Å². The minimum atomic E-state index is -1.25. The SMILES string of the molecule is CC(C)C(NC(=O)c1coc(-c2coc(-c3coc(C([NH3+])CCCCNC(=O)OC(C)(C)C)n3)n2)n1)c1nc(-c2nc(-c3nc(C(=O)O)co3)co2)co1. The van der Waals surface area contributed by atoms with Gasteiger partial charge in [-0.2, -0.15) is 0 Å². The van der Waals surface area contributed by atoms with Crippen molar-refractivity contribution < 1.29 is 56.5 Å². The number of carboxylic acid groups (broad SMARTS) is 1. The molecular formula is C34H38N9O11+. The van der Waals surface area contributed by atoms with Gasteiger partial charge in [0.1, 0.15) is 49.2 Å². The van der Waals surface area contributed by atoms with Crippen molar-refractivity contribution in [2.45, 2.75) is 71.6 Å². The topological polar surface area (TPSA) is 289 Å². The molecule has 0 radical (unpaired) electrons. The molecule has 0 spiro atoms. The third kappa shape index (κ3) is 8.89. The maximum Gasteiger partial charge on any atom is 0.407 e. The van der Waals surface area contributed by atoms with Crippen molar-refractivity contribution in [2.75, 3.05) is 6.54 Å². The number of amides is 2. The van der Waals surface area contributed by atoms with Gasteiger partial charge < -0.3 is 52.7 Å². The molecule has 6 rings (SSSR count). The number of nitrogens with one attached hydrogen (secondary N) is 2. The van der Waals surface area contributed by atoms with Crippen molar-refractivity contribution >= 4 is 18.0 Å². The lowest BCUT2D eigenvalue weighted by molar-refractivity contribution is -0.433. The highest BCUT2D eigenvalue weighted by molar-refractivity contribution is 5.92. The summed E-state index contributed by atoms with van der Waals surface area (Å²) in [5, 5.41) is 14.7. The summed E-state index contributed by atoms with van der Waals surface area (Å²) in [7, 11) is 0. The maximum atomic E-state index is 13.3. The second-order valence-electron chi connectivity index (χ2n) is 13.4. The number of alkyl carbamates (subject to hydrolysis) is 1. The molecule has 0 fully saturated rings. The fourth-order valence-electron chi connectivity index (χ4n) is 4.94. The Morgan fingerprint density at radius 2 is 1.22 bits per heavy atom. The van der Waals surface area contributed by atoms with Crippen molar-refractivity contribution in [3.63, 3.8) is 0 Å². The van der Waals surface area contributed by atoms with Crippen molar-refractivity contribution in [3.05, 3.63) is 60.7 Å². The average Bonchev–Trinajstić information content (AvgIpc) is 3.96. The van der Waals surface area contributed by atoms with Crippen LogP contribution in [0.3, 0.4) is 0 Å². The second kappa shape index (κ2) is 15.6. The van der Waals surface area contributed by atoms with E-state index in [9.17, 15) is 14.4 Å². The zero-order valence-corrected chi connectivity index (χ0v) is 29.9. The van der Waals surface area contributed by atoms with Crippen molar-refractivity contribution in [1.82, 2.24) is 40.5 Å². The first-order valence-corrected chi connectivity index (χ1v) is 16.8. The molecule has 20 heteroatoms. The van der Waals surface area contributed by atoms with Crippen LogP contribution >= 0.6 is 0 Å². The molecular weight excluding hydrogens is 710 g/mol. The minimum absolute atomic E-state index is 0.0269. The van der Waals surface area contributed by atoms with E-state index in [1.807, 2.05) is 34.6 Å². The summed E-state index contributed by atoms with van der Waals surface area (Å²) in [4.78, 5) is 61.9. The Bertz CT molecular complexity index is 2210. The third-order valence-corrected chi connectivity index (χ3v) is 7.60. The van der Waals surface area contributed by atoms with E-state index >= 15 is 0 Å². The number of nitrogens with zero attached hydrogens (tertiary/aromatic N) is 6. The molecule has 0 saturated heterocycles. The molecule has 284 valence electrons. The van der Waals surface area contributed by atoms with Crippen molar-refractivity contribution in [2.24, 2.45) is 5.92 Å². The zero-order valence-electron chi connectivity index (χ0n) is 29.9. The number of rotatable bonds is 15. The summed E-state index contributed by atoms with van der Waals surface area (Å²) in [6.45, 7) is 9.63. The number of unbranched alkanes of at least 4 members (excludes halogenated alkanes) is 1. The molecule has 0 aliphatic carbocycles. The molecule has 0 aliphatic rings. The summed E-state index contributed by atoms with van der Waals surface area (Å²) in [6.07, 6.45) is 9.19. The molecule has 2 atom stereocenters. The van der Waals surface area contributed by atoms with Gasteiger partial charge in [0, 0.05) is 13.0 Å². The first-order valence-electron chi connectivity index (χ1n) is 16.8. The van der Waals surface area contributed by atoms with Gasteiger partial charge in [0.15, 0.2) is 40.2 Å². The molecule has 2 amide bonds. The zero-order chi connectivity index (χ0) is 38.6. The van der Waals surface area contributed by atoms with Gasteiger partial charge in [0.2, 0.25) is 29.5 Å². The van der Waals surface area contributed by atoms with Crippen LogP contribution in [0.15, 0.2) is 64.1 Å². The van der Waals surface area contributed by atoms with Gasteiger partial charge in [-0.15, -0.1) is 0 Å². The van der Waals surface area contributed by atoms with Crippen LogP contribution in [-0.2, 0) is 4.74 Å². The Kier molecular flexibility index (Phi) is 10.7. The van der Waals surface area contributed by atoms with Crippen LogP contribution in [0.2, 0.25) is 0 Å². The molecule has 2 unspecified atom stereocenters. The van der Waals surface area contributed by atoms with Gasteiger partial charge in [-0.05, 0) is 39.5 Å². The first-order chi connectivity index (χ1) is 25.7. The Labute approximate surface area is 305 Å². The third-order valence-electron chi connectivity index (χ3n) is 7.60. The van der Waals surface area contributed by atoms with E-state index in [4.69, 9.17) is 36.3 Å². The fraction of sp³-hybridized carbons (Fsp3) is 0.382. The predicted octanol–water partition coefficient (Wildman–Crippen LogP) is 5.09. The average molecular weight is 749 g/mol. The molecule has 0 aliphatic heterocycles. The van der Waals surface area contributed by atoms with E-state index in [1.165, 1.54) is 31.3 Å². The molecule has 6 aromatic rings. The Morgan fingerprint density at radius 1 is 0.722 bits per heavy atom. The van der Waals surface area contributed by atoms with E-state index < -0.39 is 29.6 Å². The summed E-state index contributed by atoms with van der Waals surface area (Å²) in [5.41, 5.74) is 4.22. The maximum absolute atomic E-state index is 13.3. The van der Waals surface area contributed by atoms with Crippen LogP contribution in [0.25, 0.3) is 46.3 Å². The molecule has 0 aromatic carbocycles. The summed E-state index contributed by atoms with van der Waals surface area (Å²) in [5.74, 6) is -1.19. The molecule has 20 nitrogen and oxygen atoms in total. The second-order valence-corrected chi connectivity index (χ2v) is 13.4.